The molecule has 24 heavy (non-hydrogen) atoms. The van der Waals surface area contributed by atoms with Crippen molar-refractivity contribution in [2.45, 2.75) is 44.4 Å². The molecule has 3 rings (SSSR count). The molecular weight excluding hydrogens is 314 g/mol. The fraction of sp³-hybridized carbons (Fsp3) is 0.667. The Morgan fingerprint density at radius 1 is 1.08 bits per heavy atom. The minimum absolute atomic E-state index is 0.119. The van der Waals surface area contributed by atoms with Crippen molar-refractivity contribution in [3.05, 3.63) is 29.8 Å². The van der Waals surface area contributed by atoms with Gasteiger partial charge < -0.3 is 9.84 Å². The van der Waals surface area contributed by atoms with Gasteiger partial charge in [0.1, 0.15) is 5.75 Å². The van der Waals surface area contributed by atoms with Crippen LogP contribution in [0.15, 0.2) is 24.3 Å². The highest BCUT2D eigenvalue weighted by Crippen LogP contribution is 2.24. The van der Waals surface area contributed by atoms with E-state index >= 15 is 0 Å². The minimum atomic E-state index is -2.82. The number of ether oxygens (including phenoxy) is 1. The van der Waals surface area contributed by atoms with Crippen molar-refractivity contribution in [1.29, 1.82) is 0 Å². The highest BCUT2D eigenvalue weighted by Gasteiger charge is 2.28. The van der Waals surface area contributed by atoms with Crippen molar-refractivity contribution in [2.24, 2.45) is 0 Å². The number of likely N-dealkylation sites (tertiary alicyclic amines) is 2. The van der Waals surface area contributed by atoms with Crippen LogP contribution in [-0.4, -0.2) is 60.3 Å². The third-order valence-electron chi connectivity index (χ3n) is 5.06. The first kappa shape index (κ1) is 17.6. The molecular formula is C18H26F2N2O2. The molecule has 4 nitrogen and oxygen atoms in total. The number of nitrogens with zero attached hydrogens (tertiary/aromatic N) is 2. The molecule has 6 heteroatoms. The molecule has 2 saturated heterocycles. The van der Waals surface area contributed by atoms with E-state index in [-0.39, 0.29) is 5.75 Å². The predicted octanol–water partition coefficient (Wildman–Crippen LogP) is 2.88. The predicted molar refractivity (Wildman–Crippen MR) is 88.3 cm³/mol. The van der Waals surface area contributed by atoms with E-state index in [1.54, 1.807) is 12.1 Å². The second-order valence-corrected chi connectivity index (χ2v) is 6.76. The quantitative estimate of drug-likeness (QED) is 0.864. The number of hydrogen-bond acceptors (Lipinski definition) is 4. The molecule has 0 bridgehead atoms. The van der Waals surface area contributed by atoms with Crippen LogP contribution in [-0.2, 0) is 0 Å². The molecule has 1 aromatic carbocycles. The van der Waals surface area contributed by atoms with Crippen molar-refractivity contribution in [3.63, 3.8) is 0 Å². The molecule has 1 aromatic rings. The summed E-state index contributed by atoms with van der Waals surface area (Å²) in [7, 11) is 0. The number of benzene rings is 1. The number of alkyl halides is 2. The number of aliphatic hydroxyl groups is 1. The Balaban J connectivity index is 1.52. The number of piperidine rings is 1. The first-order valence-electron chi connectivity index (χ1n) is 8.81. The van der Waals surface area contributed by atoms with E-state index in [2.05, 4.69) is 14.5 Å². The van der Waals surface area contributed by atoms with Gasteiger partial charge in [0, 0.05) is 19.1 Å². The van der Waals surface area contributed by atoms with Crippen LogP contribution in [0.4, 0.5) is 8.78 Å². The van der Waals surface area contributed by atoms with Gasteiger partial charge in [0.15, 0.2) is 0 Å². The van der Waals surface area contributed by atoms with Gasteiger partial charge >= 0.3 is 6.61 Å². The lowest BCUT2D eigenvalue weighted by molar-refractivity contribution is -0.0498. The molecule has 0 spiro atoms. The van der Waals surface area contributed by atoms with Crippen LogP contribution in [0.2, 0.25) is 0 Å². The van der Waals surface area contributed by atoms with E-state index in [4.69, 9.17) is 0 Å². The van der Waals surface area contributed by atoms with E-state index < -0.39 is 12.7 Å². The van der Waals surface area contributed by atoms with Crippen molar-refractivity contribution < 1.29 is 18.6 Å². The van der Waals surface area contributed by atoms with Crippen molar-refractivity contribution in [1.82, 2.24) is 9.80 Å². The molecule has 2 unspecified atom stereocenters. The molecule has 134 valence electrons. The maximum absolute atomic E-state index is 12.2. The van der Waals surface area contributed by atoms with Gasteiger partial charge in [-0.25, -0.2) is 0 Å². The number of halogens is 2. The lowest BCUT2D eigenvalue weighted by atomic mass is 10.0. The lowest BCUT2D eigenvalue weighted by Gasteiger charge is -2.38. The molecule has 0 amide bonds. The third-order valence-corrected chi connectivity index (χ3v) is 5.06. The van der Waals surface area contributed by atoms with E-state index in [0.717, 1.165) is 25.1 Å². The van der Waals surface area contributed by atoms with Gasteiger partial charge in [-0.3, -0.25) is 9.80 Å². The topological polar surface area (TPSA) is 35.9 Å². The van der Waals surface area contributed by atoms with Crippen molar-refractivity contribution in [3.8, 4) is 5.75 Å². The van der Waals surface area contributed by atoms with Crippen LogP contribution >= 0.6 is 0 Å². The molecule has 1 N–H and O–H groups in total. The first-order chi connectivity index (χ1) is 11.6. The zero-order valence-electron chi connectivity index (χ0n) is 13.9. The number of rotatable bonds is 6. The van der Waals surface area contributed by atoms with Crippen LogP contribution in [0, 0.1) is 0 Å². The van der Waals surface area contributed by atoms with Gasteiger partial charge in [0.05, 0.1) is 6.10 Å². The van der Waals surface area contributed by atoms with Gasteiger partial charge in [-0.1, -0.05) is 12.1 Å². The highest BCUT2D eigenvalue weighted by atomic mass is 19.3. The van der Waals surface area contributed by atoms with Gasteiger partial charge in [-0.2, -0.15) is 8.78 Å². The summed E-state index contributed by atoms with van der Waals surface area (Å²) in [5, 5.41) is 10.5. The molecule has 2 atom stereocenters. The van der Waals surface area contributed by atoms with Gasteiger partial charge in [-0.05, 0) is 63.0 Å². The van der Waals surface area contributed by atoms with Crippen molar-refractivity contribution in [2.75, 3.05) is 32.7 Å². The van der Waals surface area contributed by atoms with E-state index in [1.807, 2.05) is 0 Å². The maximum atomic E-state index is 12.2. The smallest absolute Gasteiger partial charge is 0.387 e. The summed E-state index contributed by atoms with van der Waals surface area (Å²) in [4.78, 5) is 4.90. The Labute approximate surface area is 142 Å². The monoisotopic (exact) mass is 340 g/mol. The molecule has 0 aromatic heterocycles. The number of β-amino-alcohol motifs (C(OH)–C–C–N with tert-alkyl or cyclic N) is 1. The van der Waals surface area contributed by atoms with Crippen LogP contribution in [0.25, 0.3) is 0 Å². The molecule has 0 aliphatic carbocycles. The van der Waals surface area contributed by atoms with Crippen LogP contribution in [0.3, 0.4) is 0 Å². The highest BCUT2D eigenvalue weighted by molar-refractivity contribution is 5.28. The van der Waals surface area contributed by atoms with Gasteiger partial charge in [-0.15, -0.1) is 0 Å². The average Bonchev–Trinajstić information content (AvgIpc) is 3.10. The van der Waals surface area contributed by atoms with Gasteiger partial charge in [0.2, 0.25) is 0 Å². The largest absolute Gasteiger partial charge is 0.435 e. The Kier molecular flexibility index (Phi) is 6.03. The molecule has 2 fully saturated rings. The third kappa shape index (κ3) is 4.65. The first-order valence-corrected chi connectivity index (χ1v) is 8.81. The fourth-order valence-electron chi connectivity index (χ4n) is 3.82. The number of aliphatic hydroxyl groups excluding tert-OH is 1. The summed E-state index contributed by atoms with van der Waals surface area (Å²) in [5.41, 5.74) is 0.736. The molecule has 0 saturated carbocycles. The summed E-state index contributed by atoms with van der Waals surface area (Å²) in [5.74, 6) is 0.119. The maximum Gasteiger partial charge on any atom is 0.387 e. The lowest BCUT2D eigenvalue weighted by Crippen LogP contribution is -2.47. The zero-order chi connectivity index (χ0) is 16.9. The standard InChI is InChI=1S/C18H26F2N2O2/c19-18(20)24-16-7-5-14(6-8-16)17(23)13-21-9-3-4-15(12-21)22-10-1-2-11-22/h5-8,15,17-18,23H,1-4,9-13H2. The zero-order valence-corrected chi connectivity index (χ0v) is 13.9. The average molecular weight is 340 g/mol. The van der Waals surface area contributed by atoms with Gasteiger partial charge in [0.25, 0.3) is 0 Å². The van der Waals surface area contributed by atoms with Crippen LogP contribution in [0.5, 0.6) is 5.75 Å². The summed E-state index contributed by atoms with van der Waals surface area (Å²) in [6, 6.07) is 6.88. The summed E-state index contributed by atoms with van der Waals surface area (Å²) >= 11 is 0. The summed E-state index contributed by atoms with van der Waals surface area (Å²) in [6.45, 7) is 2.17. The molecule has 2 heterocycles. The van der Waals surface area contributed by atoms with Crippen molar-refractivity contribution >= 4 is 0 Å². The fourth-order valence-corrected chi connectivity index (χ4v) is 3.82. The molecule has 2 aliphatic heterocycles. The van der Waals surface area contributed by atoms with Crippen LogP contribution < -0.4 is 4.74 Å². The summed E-state index contributed by atoms with van der Waals surface area (Å²) < 4.78 is 28.7. The number of hydrogen-bond donors (Lipinski definition) is 1. The Hall–Kier alpha value is -1.24. The Bertz CT molecular complexity index is 506. The van der Waals surface area contributed by atoms with E-state index in [0.29, 0.717) is 12.6 Å². The summed E-state index contributed by atoms with van der Waals surface area (Å²) in [6.07, 6.45) is 4.39. The Morgan fingerprint density at radius 3 is 2.46 bits per heavy atom. The van der Waals surface area contributed by atoms with E-state index in [1.165, 1.54) is 44.5 Å². The Morgan fingerprint density at radius 2 is 1.79 bits per heavy atom. The second kappa shape index (κ2) is 8.23. The molecule has 2 aliphatic rings. The van der Waals surface area contributed by atoms with E-state index in [9.17, 15) is 13.9 Å². The SMILES string of the molecule is OC(CN1CCCC(N2CCCC2)C1)c1ccc(OC(F)F)cc1. The normalized spacial score (nSPS) is 24.4. The second-order valence-electron chi connectivity index (χ2n) is 6.76. The minimum Gasteiger partial charge on any atom is -0.435 e. The van der Waals surface area contributed by atoms with Crippen LogP contribution in [0.1, 0.15) is 37.4 Å². The molecule has 0 radical (unpaired) electrons.